The summed E-state index contributed by atoms with van der Waals surface area (Å²) in [7, 11) is 0. The fourth-order valence-electron chi connectivity index (χ4n) is 0.576. The molecule has 0 N–H and O–H groups in total. The monoisotopic (exact) mass is 158 g/mol. The van der Waals surface area contributed by atoms with Gasteiger partial charge in [0.1, 0.15) is 12.7 Å². The molecule has 3 atom stereocenters. The predicted molar refractivity (Wildman–Crippen MR) is 41.0 cm³/mol. The Bertz CT molecular complexity index is 131. The molecule has 3 nitrogen and oxygen atoms in total. The van der Waals surface area contributed by atoms with Crippen molar-refractivity contribution in [3.8, 4) is 0 Å². The molecule has 0 bridgehead atoms. The molecule has 0 spiro atoms. The molecule has 64 valence electrons. The van der Waals surface area contributed by atoms with Crippen LogP contribution in [0.3, 0.4) is 0 Å². The predicted octanol–water partition coefficient (Wildman–Crippen LogP) is 1.30. The fraction of sp³-hybridized carbons (Fsp3) is 0.750. The zero-order valence-corrected chi connectivity index (χ0v) is 6.95. The van der Waals surface area contributed by atoms with Crippen LogP contribution in [0.2, 0.25) is 0 Å². The summed E-state index contributed by atoms with van der Waals surface area (Å²) >= 11 is 0. The molecule has 3 heteroatoms. The fourth-order valence-corrected chi connectivity index (χ4v) is 0.576. The van der Waals surface area contributed by atoms with E-state index in [1.165, 1.54) is 0 Å². The summed E-state index contributed by atoms with van der Waals surface area (Å²) in [5.41, 5.74) is 0. The number of rotatable bonds is 2. The lowest BCUT2D eigenvalue weighted by molar-refractivity contribution is -0.0100. The lowest BCUT2D eigenvalue weighted by Crippen LogP contribution is -2.00. The van der Waals surface area contributed by atoms with Crippen molar-refractivity contribution in [2.45, 2.75) is 32.5 Å². The van der Waals surface area contributed by atoms with Crippen LogP contribution < -0.4 is 0 Å². The molecule has 2 rings (SSSR count). The first-order chi connectivity index (χ1) is 5.27. The number of allylic oxidation sites excluding steroid dienone is 1. The lowest BCUT2D eigenvalue weighted by atomic mass is 10.5. The maximum Gasteiger partial charge on any atom is 0.187 e. The molecule has 0 aromatic heterocycles. The van der Waals surface area contributed by atoms with Crippen molar-refractivity contribution in [1.82, 2.24) is 0 Å². The molecular formula is C8H14O3. The minimum Gasteiger partial charge on any atom is -0.345 e. The largest absolute Gasteiger partial charge is 0.345 e. The molecule has 0 aliphatic carbocycles. The Morgan fingerprint density at radius 2 is 2.09 bits per heavy atom. The maximum atomic E-state index is 5.14. The summed E-state index contributed by atoms with van der Waals surface area (Å²) in [6.45, 7) is 7.97. The highest BCUT2D eigenvalue weighted by molar-refractivity contribution is 4.73. The molecule has 0 saturated carbocycles. The smallest absolute Gasteiger partial charge is 0.187 e. The Morgan fingerprint density at radius 1 is 1.64 bits per heavy atom. The normalized spacial score (nSPS) is 38.5. The van der Waals surface area contributed by atoms with Gasteiger partial charge in [-0.1, -0.05) is 6.08 Å². The molecule has 11 heavy (non-hydrogen) atoms. The van der Waals surface area contributed by atoms with Crippen molar-refractivity contribution in [1.29, 1.82) is 0 Å². The summed E-state index contributed by atoms with van der Waals surface area (Å²) in [5.74, 6) is 0. The Morgan fingerprint density at radius 3 is 2.36 bits per heavy atom. The first-order valence-electron chi connectivity index (χ1n) is 3.77. The third-order valence-corrected chi connectivity index (χ3v) is 1.24. The van der Waals surface area contributed by atoms with Crippen LogP contribution in [0.15, 0.2) is 12.7 Å². The van der Waals surface area contributed by atoms with Gasteiger partial charge in [0, 0.05) is 0 Å². The summed E-state index contributed by atoms with van der Waals surface area (Å²) in [6.07, 6.45) is 2.12. The van der Waals surface area contributed by atoms with Crippen molar-refractivity contribution < 1.29 is 14.2 Å². The minimum absolute atomic E-state index is 0.0301. The molecule has 0 aromatic carbocycles. The summed E-state index contributed by atoms with van der Waals surface area (Å²) < 4.78 is 14.9. The highest BCUT2D eigenvalue weighted by atomic mass is 16.9. The molecule has 3 unspecified atom stereocenters. The van der Waals surface area contributed by atoms with Crippen molar-refractivity contribution in [2.75, 3.05) is 6.61 Å². The van der Waals surface area contributed by atoms with Gasteiger partial charge in [-0.3, -0.25) is 0 Å². The van der Waals surface area contributed by atoms with Gasteiger partial charge in [0.15, 0.2) is 12.6 Å². The van der Waals surface area contributed by atoms with Gasteiger partial charge in [-0.15, -0.1) is 6.58 Å². The summed E-state index contributed by atoms with van der Waals surface area (Å²) in [6, 6.07) is 0. The van der Waals surface area contributed by atoms with Crippen LogP contribution in [0.4, 0.5) is 0 Å². The number of hydrogen-bond donors (Lipinski definition) is 0. The van der Waals surface area contributed by atoms with Gasteiger partial charge in [-0.05, 0) is 13.8 Å². The van der Waals surface area contributed by atoms with E-state index in [1.54, 1.807) is 6.08 Å². The zero-order valence-electron chi connectivity index (χ0n) is 6.95. The van der Waals surface area contributed by atoms with E-state index in [-0.39, 0.29) is 12.6 Å². The van der Waals surface area contributed by atoms with Gasteiger partial charge in [0.25, 0.3) is 0 Å². The van der Waals surface area contributed by atoms with E-state index in [4.69, 9.17) is 14.2 Å². The van der Waals surface area contributed by atoms with Gasteiger partial charge in [0.2, 0.25) is 0 Å². The first-order valence-corrected chi connectivity index (χ1v) is 3.77. The summed E-state index contributed by atoms with van der Waals surface area (Å²) in [5, 5.41) is 0. The van der Waals surface area contributed by atoms with E-state index in [2.05, 4.69) is 6.58 Å². The van der Waals surface area contributed by atoms with Crippen LogP contribution in [0, 0.1) is 0 Å². The molecule has 2 heterocycles. The topological polar surface area (TPSA) is 34.3 Å². The van der Waals surface area contributed by atoms with Crippen LogP contribution in [0.1, 0.15) is 13.8 Å². The molecule has 2 fully saturated rings. The average molecular weight is 158 g/mol. The van der Waals surface area contributed by atoms with Crippen molar-refractivity contribution >= 4 is 0 Å². The standard InChI is InChI=1S/C5H8O3.C3H6/c1-3-5(7-3)8-4-2-6-4;1-3-2/h3-5H,2H2,1H3;3H,1H2,2H3. The molecule has 0 amide bonds. The van der Waals surface area contributed by atoms with E-state index < -0.39 is 0 Å². The van der Waals surface area contributed by atoms with E-state index in [0.29, 0.717) is 6.10 Å². The van der Waals surface area contributed by atoms with Crippen molar-refractivity contribution in [2.24, 2.45) is 0 Å². The van der Waals surface area contributed by atoms with Crippen LogP contribution in [-0.4, -0.2) is 25.3 Å². The highest BCUT2D eigenvalue weighted by Crippen LogP contribution is 2.27. The van der Waals surface area contributed by atoms with E-state index in [1.807, 2.05) is 13.8 Å². The van der Waals surface area contributed by atoms with Gasteiger partial charge in [-0.2, -0.15) is 0 Å². The van der Waals surface area contributed by atoms with Gasteiger partial charge in [0.05, 0.1) is 0 Å². The van der Waals surface area contributed by atoms with Gasteiger partial charge in [-0.25, -0.2) is 0 Å². The average Bonchev–Trinajstić information content (AvgIpc) is 2.79. The Hall–Kier alpha value is -0.380. The van der Waals surface area contributed by atoms with Crippen molar-refractivity contribution in [3.63, 3.8) is 0 Å². The molecule has 2 aliphatic rings. The number of epoxide rings is 2. The Balaban J connectivity index is 0.000000179. The van der Waals surface area contributed by atoms with E-state index in [9.17, 15) is 0 Å². The van der Waals surface area contributed by atoms with E-state index in [0.717, 1.165) is 6.61 Å². The Kier molecular flexibility index (Phi) is 3.05. The first kappa shape index (κ1) is 8.71. The minimum atomic E-state index is 0.0301. The van der Waals surface area contributed by atoms with Gasteiger partial charge >= 0.3 is 0 Å². The molecular weight excluding hydrogens is 144 g/mol. The number of hydrogen-bond acceptors (Lipinski definition) is 3. The Labute approximate surface area is 66.9 Å². The number of ether oxygens (including phenoxy) is 3. The quantitative estimate of drug-likeness (QED) is 0.448. The summed E-state index contributed by atoms with van der Waals surface area (Å²) in [4.78, 5) is 0. The zero-order chi connectivity index (χ0) is 8.27. The molecule has 2 aliphatic heterocycles. The van der Waals surface area contributed by atoms with Gasteiger partial charge < -0.3 is 14.2 Å². The molecule has 0 aromatic rings. The van der Waals surface area contributed by atoms with Crippen LogP contribution >= 0.6 is 0 Å². The molecule has 0 radical (unpaired) electrons. The van der Waals surface area contributed by atoms with Crippen LogP contribution in [-0.2, 0) is 14.2 Å². The lowest BCUT2D eigenvalue weighted by Gasteiger charge is -1.87. The second kappa shape index (κ2) is 3.85. The highest BCUT2D eigenvalue weighted by Gasteiger charge is 2.41. The van der Waals surface area contributed by atoms with Crippen molar-refractivity contribution in [3.05, 3.63) is 12.7 Å². The third kappa shape index (κ3) is 3.51. The molecule has 2 saturated heterocycles. The van der Waals surface area contributed by atoms with E-state index >= 15 is 0 Å². The SMILES string of the molecule is C=CC.CC1OC1OC1CO1. The third-order valence-electron chi connectivity index (χ3n) is 1.24. The van der Waals surface area contributed by atoms with Crippen LogP contribution in [0.25, 0.3) is 0 Å². The second-order valence-electron chi connectivity index (χ2n) is 2.52. The second-order valence-corrected chi connectivity index (χ2v) is 2.52. The van der Waals surface area contributed by atoms with Crippen LogP contribution in [0.5, 0.6) is 0 Å². The maximum absolute atomic E-state index is 5.14.